The SMILES string of the molecule is c1ccc(-c2nc(-c3cccc4c5ccccc5n(-c5ccccc5)c34)nc(C3(c4ccccc4)c4ccc5ccccc5c4-c4c3c3ccccc3c3ccccc43)n2)cc1. The van der Waals surface area contributed by atoms with Crippen molar-refractivity contribution in [2.45, 2.75) is 5.41 Å². The fourth-order valence-corrected chi connectivity index (χ4v) is 10.6. The van der Waals surface area contributed by atoms with Crippen LogP contribution in [0.25, 0.3) is 93.7 Å². The van der Waals surface area contributed by atoms with Gasteiger partial charge in [-0.2, -0.15) is 0 Å². The third-order valence-electron chi connectivity index (χ3n) is 13.1. The van der Waals surface area contributed by atoms with Gasteiger partial charge in [-0.05, 0) is 84.4 Å². The summed E-state index contributed by atoms with van der Waals surface area (Å²) in [6.45, 7) is 0. The maximum absolute atomic E-state index is 5.84. The van der Waals surface area contributed by atoms with Crippen molar-refractivity contribution in [2.24, 2.45) is 0 Å². The highest BCUT2D eigenvalue weighted by Crippen LogP contribution is 2.61. The number of para-hydroxylation sites is 3. The van der Waals surface area contributed by atoms with Crippen molar-refractivity contribution in [1.29, 1.82) is 0 Å². The second kappa shape index (κ2) is 13.4. The van der Waals surface area contributed by atoms with Crippen molar-refractivity contribution in [2.75, 3.05) is 0 Å². The van der Waals surface area contributed by atoms with Crippen LogP contribution < -0.4 is 0 Å². The van der Waals surface area contributed by atoms with Crippen molar-refractivity contribution in [1.82, 2.24) is 19.5 Å². The molecule has 0 radical (unpaired) electrons. The highest BCUT2D eigenvalue weighted by molar-refractivity contribution is 6.22. The van der Waals surface area contributed by atoms with Crippen LogP contribution in [0.5, 0.6) is 0 Å². The third kappa shape index (κ3) is 4.80. The molecule has 13 rings (SSSR count). The van der Waals surface area contributed by atoms with Crippen LogP contribution in [-0.2, 0) is 5.41 Å². The maximum Gasteiger partial charge on any atom is 0.165 e. The van der Waals surface area contributed by atoms with E-state index in [0.717, 1.165) is 44.4 Å². The van der Waals surface area contributed by atoms with E-state index < -0.39 is 5.41 Å². The molecule has 0 aliphatic heterocycles. The van der Waals surface area contributed by atoms with E-state index >= 15 is 0 Å². The van der Waals surface area contributed by atoms with E-state index in [4.69, 9.17) is 15.0 Å². The molecule has 12 aromatic rings. The number of benzene rings is 10. The van der Waals surface area contributed by atoms with Gasteiger partial charge in [0.2, 0.25) is 0 Å². The van der Waals surface area contributed by atoms with Gasteiger partial charge in [0.05, 0.1) is 11.0 Å². The predicted octanol–water partition coefficient (Wildman–Crippen LogP) is 14.1. The molecule has 4 heteroatoms. The predicted molar refractivity (Wildman–Crippen MR) is 255 cm³/mol. The average molecular weight is 789 g/mol. The first kappa shape index (κ1) is 34.6. The summed E-state index contributed by atoms with van der Waals surface area (Å²) in [6.07, 6.45) is 0. The standard InChI is InChI=1S/C58H36N4/c1-4-20-38(21-5-1)55-59-56(48-33-18-32-47-44-29-16-17-34-50(44)62(54(47)48)40-24-8-3-9-25-40)61-57(60-55)58(39-22-6-2-7-23-39)49-36-35-37-19-10-11-26-41(37)51(49)52-45-30-14-12-27-42(45)43-28-13-15-31-46(43)53(52)58/h1-36H. The molecular weight excluding hydrogens is 753 g/mol. The zero-order chi connectivity index (χ0) is 40.8. The summed E-state index contributed by atoms with van der Waals surface area (Å²) in [5.74, 6) is 1.93. The molecule has 4 nitrogen and oxygen atoms in total. The lowest BCUT2D eigenvalue weighted by molar-refractivity contribution is 0.698. The summed E-state index contributed by atoms with van der Waals surface area (Å²) in [7, 11) is 0. The van der Waals surface area contributed by atoms with Crippen LogP contribution in [0.2, 0.25) is 0 Å². The first-order chi connectivity index (χ1) is 30.8. The second-order valence-corrected chi connectivity index (χ2v) is 16.2. The molecule has 0 saturated heterocycles. The highest BCUT2D eigenvalue weighted by atomic mass is 15.1. The van der Waals surface area contributed by atoms with Gasteiger partial charge >= 0.3 is 0 Å². The number of hydrogen-bond acceptors (Lipinski definition) is 3. The second-order valence-electron chi connectivity index (χ2n) is 16.2. The molecule has 288 valence electrons. The van der Waals surface area contributed by atoms with Crippen molar-refractivity contribution >= 4 is 54.1 Å². The van der Waals surface area contributed by atoms with Crippen LogP contribution in [0.1, 0.15) is 22.5 Å². The van der Waals surface area contributed by atoms with Gasteiger partial charge in [-0.1, -0.05) is 194 Å². The molecule has 2 heterocycles. The number of nitrogens with zero attached hydrogens (tertiary/aromatic N) is 4. The van der Waals surface area contributed by atoms with Gasteiger partial charge in [-0.3, -0.25) is 0 Å². The Labute approximate surface area is 358 Å². The highest BCUT2D eigenvalue weighted by Gasteiger charge is 2.51. The van der Waals surface area contributed by atoms with Gasteiger partial charge < -0.3 is 4.57 Å². The Balaban J connectivity index is 1.24. The van der Waals surface area contributed by atoms with Crippen LogP contribution >= 0.6 is 0 Å². The Morgan fingerprint density at radius 1 is 0.371 bits per heavy atom. The van der Waals surface area contributed by atoms with Crippen molar-refractivity contribution in [3.05, 3.63) is 241 Å². The molecule has 0 spiro atoms. The summed E-state index contributed by atoms with van der Waals surface area (Å²) >= 11 is 0. The van der Waals surface area contributed by atoms with Gasteiger partial charge in [0.1, 0.15) is 5.41 Å². The monoisotopic (exact) mass is 788 g/mol. The van der Waals surface area contributed by atoms with E-state index in [2.05, 4.69) is 217 Å². The van der Waals surface area contributed by atoms with Crippen LogP contribution in [0.4, 0.5) is 0 Å². The van der Waals surface area contributed by atoms with Crippen LogP contribution in [-0.4, -0.2) is 19.5 Å². The molecular formula is C58H36N4. The molecule has 0 amide bonds. The molecule has 10 aromatic carbocycles. The minimum Gasteiger partial charge on any atom is -0.309 e. The first-order valence-electron chi connectivity index (χ1n) is 21.2. The van der Waals surface area contributed by atoms with E-state index in [-0.39, 0.29) is 0 Å². The van der Waals surface area contributed by atoms with Crippen LogP contribution in [0.3, 0.4) is 0 Å². The van der Waals surface area contributed by atoms with E-state index in [1.54, 1.807) is 0 Å². The molecule has 2 aromatic heterocycles. The smallest absolute Gasteiger partial charge is 0.165 e. The lowest BCUT2D eigenvalue weighted by Gasteiger charge is -2.33. The number of rotatable bonds is 5. The van der Waals surface area contributed by atoms with Gasteiger partial charge in [-0.25, -0.2) is 15.0 Å². The molecule has 1 aliphatic rings. The number of hydrogen-bond donors (Lipinski definition) is 0. The van der Waals surface area contributed by atoms with Crippen LogP contribution in [0, 0.1) is 0 Å². The molecule has 1 unspecified atom stereocenters. The Morgan fingerprint density at radius 3 is 1.73 bits per heavy atom. The number of fused-ring (bicyclic) bond motifs is 13. The molecule has 0 bridgehead atoms. The Bertz CT molecular complexity index is 3740. The number of aromatic nitrogens is 4. The summed E-state index contributed by atoms with van der Waals surface area (Å²) in [5, 5.41) is 9.55. The van der Waals surface area contributed by atoms with Crippen LogP contribution in [0.15, 0.2) is 218 Å². The van der Waals surface area contributed by atoms with Gasteiger partial charge in [-0.15, -0.1) is 0 Å². The Morgan fingerprint density at radius 2 is 0.952 bits per heavy atom. The van der Waals surface area contributed by atoms with E-state index in [9.17, 15) is 0 Å². The Hall–Kier alpha value is -8.21. The van der Waals surface area contributed by atoms with E-state index in [0.29, 0.717) is 17.5 Å². The maximum atomic E-state index is 5.84. The lowest BCUT2D eigenvalue weighted by atomic mass is 9.70. The topological polar surface area (TPSA) is 43.6 Å². The minimum atomic E-state index is -0.944. The molecule has 0 fully saturated rings. The fraction of sp³-hybridized carbons (Fsp3) is 0.0172. The van der Waals surface area contributed by atoms with Crippen molar-refractivity contribution < 1.29 is 0 Å². The Kier molecular flexibility index (Phi) is 7.49. The summed E-state index contributed by atoms with van der Waals surface area (Å²) < 4.78 is 2.37. The van der Waals surface area contributed by atoms with Gasteiger partial charge in [0.15, 0.2) is 17.5 Å². The zero-order valence-electron chi connectivity index (χ0n) is 33.6. The van der Waals surface area contributed by atoms with Crippen molar-refractivity contribution in [3.8, 4) is 39.6 Å². The first-order valence-corrected chi connectivity index (χ1v) is 21.2. The normalized spacial score (nSPS) is 14.5. The quantitative estimate of drug-likeness (QED) is 0.163. The van der Waals surface area contributed by atoms with E-state index in [1.807, 2.05) is 6.07 Å². The van der Waals surface area contributed by atoms with Gasteiger partial charge in [0, 0.05) is 27.6 Å². The van der Waals surface area contributed by atoms with E-state index in [1.165, 1.54) is 54.4 Å². The van der Waals surface area contributed by atoms with Gasteiger partial charge in [0.25, 0.3) is 0 Å². The molecule has 0 saturated carbocycles. The molecule has 62 heavy (non-hydrogen) atoms. The lowest BCUT2D eigenvalue weighted by Crippen LogP contribution is -2.32. The fourth-order valence-electron chi connectivity index (χ4n) is 10.6. The molecule has 1 atom stereocenters. The minimum absolute atomic E-state index is 0.621. The average Bonchev–Trinajstić information content (AvgIpc) is 3.87. The molecule has 0 N–H and O–H groups in total. The largest absolute Gasteiger partial charge is 0.309 e. The summed E-state index contributed by atoms with van der Waals surface area (Å²) in [6, 6.07) is 78.3. The van der Waals surface area contributed by atoms with Crippen molar-refractivity contribution in [3.63, 3.8) is 0 Å². The summed E-state index contributed by atoms with van der Waals surface area (Å²) in [5.41, 5.74) is 10.1. The third-order valence-corrected chi connectivity index (χ3v) is 13.1. The summed E-state index contributed by atoms with van der Waals surface area (Å²) in [4.78, 5) is 17.0. The zero-order valence-corrected chi connectivity index (χ0v) is 33.6. The molecule has 1 aliphatic carbocycles.